The second-order valence-electron chi connectivity index (χ2n) is 6.56. The molecular formula is C19H18N2O7S. The number of ether oxygens (including phenoxy) is 1. The van der Waals surface area contributed by atoms with Crippen molar-refractivity contribution in [2.75, 3.05) is 12.4 Å². The minimum absolute atomic E-state index is 0.00853. The Labute approximate surface area is 167 Å². The van der Waals surface area contributed by atoms with Crippen molar-refractivity contribution in [3.63, 3.8) is 0 Å². The van der Waals surface area contributed by atoms with Gasteiger partial charge in [-0.15, -0.1) is 0 Å². The number of fused-ring (bicyclic) bond motifs is 1. The number of amides is 2. The molecule has 0 unspecified atom stereocenters. The molecule has 0 saturated carbocycles. The van der Waals surface area contributed by atoms with Crippen LogP contribution in [0.2, 0.25) is 0 Å². The van der Waals surface area contributed by atoms with Crippen molar-refractivity contribution in [3.05, 3.63) is 53.1 Å². The fraction of sp³-hybridized carbons (Fsp3) is 0.211. The third-order valence-corrected chi connectivity index (χ3v) is 6.37. The minimum atomic E-state index is -4.06. The number of hydrogen-bond donors (Lipinski definition) is 2. The standard InChI is InChI=1S/C19H18N2O7S/c1-10(2)21-18(24)12-8-7-11(9-15(12)29(21,26)27)17(23)20-14-6-4-5-13(16(14)22)19(25)28-3/h4-10,22H,1-3H3,(H,20,23). The molecule has 2 N–H and O–H groups in total. The molecule has 0 aliphatic carbocycles. The normalized spacial score (nSPS) is 14.6. The Kier molecular flexibility index (Phi) is 5.05. The van der Waals surface area contributed by atoms with Crippen LogP contribution in [-0.4, -0.2) is 48.8 Å². The van der Waals surface area contributed by atoms with Gasteiger partial charge in [-0.1, -0.05) is 6.07 Å². The fourth-order valence-electron chi connectivity index (χ4n) is 3.01. The van der Waals surface area contributed by atoms with Gasteiger partial charge in [-0.2, -0.15) is 0 Å². The minimum Gasteiger partial charge on any atom is -0.505 e. The average molecular weight is 418 g/mol. The molecule has 152 valence electrons. The third-order valence-electron chi connectivity index (χ3n) is 4.37. The van der Waals surface area contributed by atoms with E-state index in [4.69, 9.17) is 0 Å². The molecule has 10 heteroatoms. The van der Waals surface area contributed by atoms with E-state index in [1.54, 1.807) is 13.8 Å². The maximum absolute atomic E-state index is 12.7. The SMILES string of the molecule is COC(=O)c1cccc(NC(=O)c2ccc3c(c2)S(=O)(=O)N(C(C)C)C3=O)c1O. The topological polar surface area (TPSA) is 130 Å². The van der Waals surface area contributed by atoms with Crippen LogP contribution in [0.25, 0.3) is 0 Å². The molecule has 0 bridgehead atoms. The first-order valence-electron chi connectivity index (χ1n) is 8.54. The first kappa shape index (κ1) is 20.3. The number of carbonyl (C=O) groups is 3. The molecule has 3 rings (SSSR count). The summed E-state index contributed by atoms with van der Waals surface area (Å²) < 4.78 is 30.6. The van der Waals surface area contributed by atoms with Gasteiger partial charge in [-0.25, -0.2) is 17.5 Å². The number of para-hydroxylation sites is 1. The number of phenolic OH excluding ortho intramolecular Hbond substituents is 1. The molecule has 0 fully saturated rings. The van der Waals surface area contributed by atoms with E-state index in [9.17, 15) is 27.9 Å². The van der Waals surface area contributed by atoms with Crippen LogP contribution in [-0.2, 0) is 14.8 Å². The van der Waals surface area contributed by atoms with E-state index in [-0.39, 0.29) is 27.3 Å². The second-order valence-corrected chi connectivity index (χ2v) is 8.34. The van der Waals surface area contributed by atoms with Crippen LogP contribution in [0.3, 0.4) is 0 Å². The quantitative estimate of drug-likeness (QED) is 0.573. The van der Waals surface area contributed by atoms with Crippen LogP contribution in [0.4, 0.5) is 5.69 Å². The summed E-state index contributed by atoms with van der Waals surface area (Å²) in [6, 6.07) is 7.26. The number of anilines is 1. The van der Waals surface area contributed by atoms with Gasteiger partial charge >= 0.3 is 5.97 Å². The number of rotatable bonds is 4. The predicted molar refractivity (Wildman–Crippen MR) is 102 cm³/mol. The zero-order valence-electron chi connectivity index (χ0n) is 15.8. The molecule has 9 nitrogen and oxygen atoms in total. The Morgan fingerprint density at radius 2 is 1.86 bits per heavy atom. The molecule has 0 aromatic heterocycles. The van der Waals surface area contributed by atoms with Crippen molar-refractivity contribution in [1.29, 1.82) is 0 Å². The number of sulfonamides is 1. The van der Waals surface area contributed by atoms with Crippen LogP contribution >= 0.6 is 0 Å². The number of nitrogens with one attached hydrogen (secondary N) is 1. The number of phenols is 1. The molecule has 0 atom stereocenters. The van der Waals surface area contributed by atoms with Gasteiger partial charge in [0, 0.05) is 11.6 Å². The van der Waals surface area contributed by atoms with E-state index in [0.29, 0.717) is 0 Å². The Hall–Kier alpha value is -3.40. The highest BCUT2D eigenvalue weighted by Crippen LogP contribution is 2.33. The Balaban J connectivity index is 1.96. The van der Waals surface area contributed by atoms with Crippen LogP contribution in [0, 0.1) is 0 Å². The van der Waals surface area contributed by atoms with Crippen molar-refractivity contribution in [2.24, 2.45) is 0 Å². The lowest BCUT2D eigenvalue weighted by Crippen LogP contribution is -2.36. The van der Waals surface area contributed by atoms with E-state index in [2.05, 4.69) is 10.1 Å². The number of nitrogens with zero attached hydrogens (tertiary/aromatic N) is 1. The number of esters is 1. The Morgan fingerprint density at radius 1 is 1.17 bits per heavy atom. The van der Waals surface area contributed by atoms with Crippen LogP contribution in [0.1, 0.15) is 44.9 Å². The summed E-state index contributed by atoms with van der Waals surface area (Å²) in [5, 5.41) is 12.6. The molecule has 1 aliphatic rings. The average Bonchev–Trinajstić information content (AvgIpc) is 2.88. The molecule has 1 aliphatic heterocycles. The molecule has 0 saturated heterocycles. The summed E-state index contributed by atoms with van der Waals surface area (Å²) in [7, 11) is -2.91. The lowest BCUT2D eigenvalue weighted by Gasteiger charge is -2.18. The van der Waals surface area contributed by atoms with E-state index < -0.39 is 39.6 Å². The molecule has 0 spiro atoms. The van der Waals surface area contributed by atoms with Gasteiger partial charge in [0.2, 0.25) is 0 Å². The lowest BCUT2D eigenvalue weighted by molar-refractivity contribution is 0.0597. The lowest BCUT2D eigenvalue weighted by atomic mass is 10.1. The largest absolute Gasteiger partial charge is 0.505 e. The van der Waals surface area contributed by atoms with Crippen molar-refractivity contribution in [1.82, 2.24) is 4.31 Å². The molecule has 2 amide bonds. The summed E-state index contributed by atoms with van der Waals surface area (Å²) in [4.78, 5) is 36.4. The van der Waals surface area contributed by atoms with Crippen molar-refractivity contribution < 1.29 is 32.6 Å². The monoisotopic (exact) mass is 418 g/mol. The summed E-state index contributed by atoms with van der Waals surface area (Å²) >= 11 is 0. The van der Waals surface area contributed by atoms with Crippen LogP contribution in [0.15, 0.2) is 41.3 Å². The number of methoxy groups -OCH3 is 1. The zero-order valence-corrected chi connectivity index (χ0v) is 16.6. The van der Waals surface area contributed by atoms with Crippen LogP contribution < -0.4 is 5.32 Å². The number of aromatic hydroxyl groups is 1. The van der Waals surface area contributed by atoms with Gasteiger partial charge in [0.05, 0.1) is 18.4 Å². The Bertz CT molecular complexity index is 1140. The van der Waals surface area contributed by atoms with Crippen molar-refractivity contribution in [3.8, 4) is 5.75 Å². The highest BCUT2D eigenvalue weighted by Gasteiger charge is 2.43. The van der Waals surface area contributed by atoms with Gasteiger partial charge < -0.3 is 15.2 Å². The summed E-state index contributed by atoms with van der Waals surface area (Å²) in [6.07, 6.45) is 0. The molecule has 2 aromatic rings. The fourth-order valence-corrected chi connectivity index (χ4v) is 4.81. The molecular weight excluding hydrogens is 400 g/mol. The van der Waals surface area contributed by atoms with E-state index in [0.717, 1.165) is 17.5 Å². The van der Waals surface area contributed by atoms with Crippen molar-refractivity contribution in [2.45, 2.75) is 24.8 Å². The summed E-state index contributed by atoms with van der Waals surface area (Å²) in [5.74, 6) is -2.64. The molecule has 0 radical (unpaired) electrons. The number of benzene rings is 2. The van der Waals surface area contributed by atoms with Gasteiger partial charge in [-0.3, -0.25) is 9.59 Å². The zero-order chi connectivity index (χ0) is 21.5. The van der Waals surface area contributed by atoms with Gasteiger partial charge in [-0.05, 0) is 44.2 Å². The first-order chi connectivity index (χ1) is 13.6. The van der Waals surface area contributed by atoms with Gasteiger partial charge in [0.1, 0.15) is 10.5 Å². The van der Waals surface area contributed by atoms with E-state index in [1.807, 2.05) is 0 Å². The molecule has 29 heavy (non-hydrogen) atoms. The molecule has 2 aromatic carbocycles. The van der Waals surface area contributed by atoms with Gasteiger partial charge in [0.15, 0.2) is 5.75 Å². The smallest absolute Gasteiger partial charge is 0.341 e. The predicted octanol–water partition coefficient (Wildman–Crippen LogP) is 1.98. The second kappa shape index (κ2) is 7.21. The summed E-state index contributed by atoms with van der Waals surface area (Å²) in [5.41, 5.74) is -0.236. The van der Waals surface area contributed by atoms with E-state index in [1.165, 1.54) is 30.3 Å². The molecule has 1 heterocycles. The highest BCUT2D eigenvalue weighted by molar-refractivity contribution is 7.90. The van der Waals surface area contributed by atoms with E-state index >= 15 is 0 Å². The number of hydrogen-bond acceptors (Lipinski definition) is 7. The maximum Gasteiger partial charge on any atom is 0.341 e. The van der Waals surface area contributed by atoms with Gasteiger partial charge in [0.25, 0.3) is 21.8 Å². The first-order valence-corrected chi connectivity index (χ1v) is 9.98. The van der Waals surface area contributed by atoms with Crippen LogP contribution in [0.5, 0.6) is 5.75 Å². The Morgan fingerprint density at radius 3 is 2.48 bits per heavy atom. The summed E-state index contributed by atoms with van der Waals surface area (Å²) in [6.45, 7) is 3.15. The maximum atomic E-state index is 12.7. The number of carbonyl (C=O) groups excluding carboxylic acids is 3. The highest BCUT2D eigenvalue weighted by atomic mass is 32.2. The van der Waals surface area contributed by atoms with Crippen molar-refractivity contribution >= 4 is 33.5 Å². The third kappa shape index (κ3) is 3.31.